The fourth-order valence-electron chi connectivity index (χ4n) is 7.35. The minimum Gasteiger partial charge on any atom is -0.462 e. The Morgan fingerprint density at radius 1 is 0.356 bits per heavy atom. The first-order valence-corrected chi connectivity index (χ1v) is 25.5. The smallest absolute Gasteiger partial charge is 0.306 e. The first-order chi connectivity index (χ1) is 29.0. The van der Waals surface area contributed by atoms with E-state index in [0.29, 0.717) is 25.7 Å². The van der Waals surface area contributed by atoms with E-state index >= 15 is 0 Å². The van der Waals surface area contributed by atoms with Crippen molar-refractivity contribution in [2.75, 3.05) is 13.2 Å². The van der Waals surface area contributed by atoms with Crippen LogP contribution in [0.5, 0.6) is 0 Å². The summed E-state index contributed by atoms with van der Waals surface area (Å²) in [7, 11) is 0. The van der Waals surface area contributed by atoms with Crippen LogP contribution in [-0.2, 0) is 28.6 Å². The van der Waals surface area contributed by atoms with Crippen molar-refractivity contribution in [2.45, 2.75) is 271 Å². The van der Waals surface area contributed by atoms with Crippen molar-refractivity contribution >= 4 is 17.9 Å². The molecule has 0 N–H and O–H groups in total. The lowest BCUT2D eigenvalue weighted by Gasteiger charge is -2.18. The number of esters is 3. The first kappa shape index (κ1) is 56.6. The van der Waals surface area contributed by atoms with Gasteiger partial charge in [-0.25, -0.2) is 0 Å². The van der Waals surface area contributed by atoms with E-state index in [-0.39, 0.29) is 31.1 Å². The zero-order valence-electron chi connectivity index (χ0n) is 39.3. The van der Waals surface area contributed by atoms with E-state index in [1.54, 1.807) is 0 Å². The van der Waals surface area contributed by atoms with Gasteiger partial charge in [0, 0.05) is 19.3 Å². The molecule has 0 spiro atoms. The molecule has 0 aromatic heterocycles. The van der Waals surface area contributed by atoms with Crippen molar-refractivity contribution in [2.24, 2.45) is 0 Å². The van der Waals surface area contributed by atoms with E-state index in [2.05, 4.69) is 57.2 Å². The summed E-state index contributed by atoms with van der Waals surface area (Å²) in [6, 6.07) is 0. The Labute approximate surface area is 365 Å². The van der Waals surface area contributed by atoms with Gasteiger partial charge in [0.15, 0.2) is 6.10 Å². The molecule has 0 aliphatic carbocycles. The molecule has 6 nitrogen and oxygen atoms in total. The van der Waals surface area contributed by atoms with E-state index in [0.717, 1.165) is 64.2 Å². The molecule has 1 unspecified atom stereocenters. The lowest BCUT2D eigenvalue weighted by Crippen LogP contribution is -2.30. The number of hydrogen-bond acceptors (Lipinski definition) is 6. The molecule has 6 heteroatoms. The number of unbranched alkanes of at least 4 members (excludes halogenated alkanes) is 29. The van der Waals surface area contributed by atoms with E-state index in [9.17, 15) is 14.4 Å². The molecule has 0 saturated heterocycles. The van der Waals surface area contributed by atoms with Gasteiger partial charge in [-0.15, -0.1) is 0 Å². The maximum atomic E-state index is 12.8. The van der Waals surface area contributed by atoms with Gasteiger partial charge in [0.05, 0.1) is 0 Å². The predicted octanol–water partition coefficient (Wildman–Crippen LogP) is 16.5. The van der Waals surface area contributed by atoms with Crippen LogP contribution in [0.15, 0.2) is 36.5 Å². The van der Waals surface area contributed by atoms with Crippen LogP contribution in [0.2, 0.25) is 0 Å². The van der Waals surface area contributed by atoms with Crippen molar-refractivity contribution in [3.63, 3.8) is 0 Å². The second-order valence-corrected chi connectivity index (χ2v) is 17.1. The normalized spacial score (nSPS) is 12.3. The van der Waals surface area contributed by atoms with Crippen LogP contribution in [-0.4, -0.2) is 37.2 Å². The summed E-state index contributed by atoms with van der Waals surface area (Å²) in [5.74, 6) is -0.929. The Morgan fingerprint density at radius 2 is 0.661 bits per heavy atom. The molecule has 0 amide bonds. The maximum Gasteiger partial charge on any atom is 0.306 e. The van der Waals surface area contributed by atoms with E-state index in [1.807, 2.05) is 0 Å². The second kappa shape index (κ2) is 48.3. The number of allylic oxidation sites excluding steroid dienone is 6. The standard InChI is InChI=1S/C53H96O6/c1-4-7-10-13-16-19-22-24-26-28-31-34-37-40-43-46-52(55)58-49-50(48-57-51(54)45-42-39-36-33-30-21-18-15-12-9-6-3)59-53(56)47-44-41-38-35-32-29-27-25-23-20-17-14-11-8-5-2/h9,12,18,21,33,36,50H,4-8,10-11,13-17,19-20,22-32,34-35,37-49H2,1-3H3/b12-9-,21-18-,36-33-. The Hall–Kier alpha value is -2.37. The van der Waals surface area contributed by atoms with E-state index in [1.165, 1.54) is 154 Å². The zero-order valence-corrected chi connectivity index (χ0v) is 39.3. The summed E-state index contributed by atoms with van der Waals surface area (Å²) in [6.07, 6.45) is 55.7. The summed E-state index contributed by atoms with van der Waals surface area (Å²) in [6.45, 7) is 6.50. The van der Waals surface area contributed by atoms with Crippen molar-refractivity contribution in [3.8, 4) is 0 Å². The monoisotopic (exact) mass is 829 g/mol. The molecular formula is C53H96O6. The Bertz CT molecular complexity index is 1000. The average Bonchev–Trinajstić information content (AvgIpc) is 3.23. The van der Waals surface area contributed by atoms with E-state index in [4.69, 9.17) is 14.2 Å². The summed E-state index contributed by atoms with van der Waals surface area (Å²) in [5.41, 5.74) is 0. The van der Waals surface area contributed by atoms with Gasteiger partial charge in [-0.05, 0) is 44.9 Å². The Kier molecular flexibility index (Phi) is 46.4. The van der Waals surface area contributed by atoms with Gasteiger partial charge in [0.25, 0.3) is 0 Å². The van der Waals surface area contributed by atoms with Crippen LogP contribution in [0.3, 0.4) is 0 Å². The number of rotatable bonds is 46. The van der Waals surface area contributed by atoms with Crippen molar-refractivity contribution in [1.82, 2.24) is 0 Å². The zero-order chi connectivity index (χ0) is 43.0. The van der Waals surface area contributed by atoms with Crippen LogP contribution in [0.25, 0.3) is 0 Å². The fourth-order valence-corrected chi connectivity index (χ4v) is 7.35. The van der Waals surface area contributed by atoms with Crippen molar-refractivity contribution in [1.29, 1.82) is 0 Å². The maximum absolute atomic E-state index is 12.8. The number of carbonyl (C=O) groups is 3. The second-order valence-electron chi connectivity index (χ2n) is 17.1. The third-order valence-corrected chi connectivity index (χ3v) is 11.2. The molecule has 0 aliphatic rings. The molecule has 0 rings (SSSR count). The third kappa shape index (κ3) is 46.5. The lowest BCUT2D eigenvalue weighted by molar-refractivity contribution is -0.167. The molecule has 0 heterocycles. The lowest BCUT2D eigenvalue weighted by atomic mass is 10.0. The van der Waals surface area contributed by atoms with Gasteiger partial charge in [-0.1, -0.05) is 237 Å². The Balaban J connectivity index is 4.36. The molecule has 0 aromatic carbocycles. The minimum atomic E-state index is -0.786. The van der Waals surface area contributed by atoms with Gasteiger partial charge in [0.2, 0.25) is 0 Å². The predicted molar refractivity (Wildman–Crippen MR) is 252 cm³/mol. The SMILES string of the molecule is CC/C=C\C/C=C\C/C=C\CCCC(=O)OCC(COC(=O)CCCCCCCCCCCCCCCCC)OC(=O)CCCCCCCCCCCCCCCCC. The molecule has 344 valence electrons. The first-order valence-electron chi connectivity index (χ1n) is 25.5. The quantitative estimate of drug-likeness (QED) is 0.0263. The summed E-state index contributed by atoms with van der Waals surface area (Å²) >= 11 is 0. The number of ether oxygens (including phenoxy) is 3. The molecule has 0 bridgehead atoms. The van der Waals surface area contributed by atoms with Crippen LogP contribution in [0.4, 0.5) is 0 Å². The van der Waals surface area contributed by atoms with Gasteiger partial charge >= 0.3 is 17.9 Å². The fraction of sp³-hybridized carbons (Fsp3) is 0.830. The summed E-state index contributed by atoms with van der Waals surface area (Å²) in [4.78, 5) is 37.9. The molecule has 0 fully saturated rings. The van der Waals surface area contributed by atoms with Gasteiger partial charge in [-0.3, -0.25) is 14.4 Å². The van der Waals surface area contributed by atoms with Gasteiger partial charge in [0.1, 0.15) is 13.2 Å². The van der Waals surface area contributed by atoms with Crippen LogP contribution in [0.1, 0.15) is 265 Å². The molecule has 0 saturated carbocycles. The van der Waals surface area contributed by atoms with Crippen LogP contribution >= 0.6 is 0 Å². The molecule has 0 radical (unpaired) electrons. The summed E-state index contributed by atoms with van der Waals surface area (Å²) in [5, 5.41) is 0. The highest BCUT2D eigenvalue weighted by Crippen LogP contribution is 2.16. The highest BCUT2D eigenvalue weighted by atomic mass is 16.6. The van der Waals surface area contributed by atoms with Gasteiger partial charge in [-0.2, -0.15) is 0 Å². The topological polar surface area (TPSA) is 78.9 Å². The minimum absolute atomic E-state index is 0.0834. The molecule has 0 aliphatic heterocycles. The van der Waals surface area contributed by atoms with Crippen molar-refractivity contribution in [3.05, 3.63) is 36.5 Å². The largest absolute Gasteiger partial charge is 0.462 e. The summed E-state index contributed by atoms with van der Waals surface area (Å²) < 4.78 is 16.7. The Morgan fingerprint density at radius 3 is 1.03 bits per heavy atom. The molecule has 59 heavy (non-hydrogen) atoms. The van der Waals surface area contributed by atoms with Gasteiger partial charge < -0.3 is 14.2 Å². The van der Waals surface area contributed by atoms with Crippen molar-refractivity contribution < 1.29 is 28.6 Å². The molecule has 0 aromatic rings. The third-order valence-electron chi connectivity index (χ3n) is 11.2. The van der Waals surface area contributed by atoms with Crippen LogP contribution in [0, 0.1) is 0 Å². The molecular weight excluding hydrogens is 733 g/mol. The van der Waals surface area contributed by atoms with E-state index < -0.39 is 6.10 Å². The average molecular weight is 829 g/mol. The number of carbonyl (C=O) groups excluding carboxylic acids is 3. The number of hydrogen-bond donors (Lipinski definition) is 0. The van der Waals surface area contributed by atoms with Crippen LogP contribution < -0.4 is 0 Å². The highest BCUT2D eigenvalue weighted by molar-refractivity contribution is 5.71. The molecule has 1 atom stereocenters. The highest BCUT2D eigenvalue weighted by Gasteiger charge is 2.19.